The summed E-state index contributed by atoms with van der Waals surface area (Å²) >= 11 is 5.80. The second-order valence-corrected chi connectivity index (χ2v) is 3.48. The first-order chi connectivity index (χ1) is 6.68. The third-order valence-electron chi connectivity index (χ3n) is 1.98. The van der Waals surface area contributed by atoms with E-state index >= 15 is 0 Å². The van der Waals surface area contributed by atoms with E-state index in [-0.39, 0.29) is 5.28 Å². The summed E-state index contributed by atoms with van der Waals surface area (Å²) in [7, 11) is 0. The van der Waals surface area contributed by atoms with Crippen molar-refractivity contribution in [3.05, 3.63) is 41.8 Å². The van der Waals surface area contributed by atoms with Gasteiger partial charge in [-0.15, -0.1) is 0 Å². The van der Waals surface area contributed by atoms with Gasteiger partial charge in [0, 0.05) is 5.39 Å². The third kappa shape index (κ3) is 1.49. The summed E-state index contributed by atoms with van der Waals surface area (Å²) in [6, 6.07) is 7.75. The van der Waals surface area contributed by atoms with Gasteiger partial charge in [-0.25, -0.2) is 9.97 Å². The van der Waals surface area contributed by atoms with E-state index in [0.29, 0.717) is 0 Å². The molecule has 14 heavy (non-hydrogen) atoms. The molecule has 70 valence electrons. The Kier molecular flexibility index (Phi) is 2.22. The summed E-state index contributed by atoms with van der Waals surface area (Å²) in [6.07, 6.45) is 0. The van der Waals surface area contributed by atoms with Gasteiger partial charge in [0.25, 0.3) is 0 Å². The minimum absolute atomic E-state index is 0.265. The van der Waals surface area contributed by atoms with E-state index in [1.807, 2.05) is 31.2 Å². The van der Waals surface area contributed by atoms with Crippen molar-refractivity contribution in [1.82, 2.24) is 9.97 Å². The molecule has 0 saturated heterocycles. The molecule has 3 heteroatoms. The Hall–Kier alpha value is -1.41. The number of hydrogen-bond donors (Lipinski definition) is 0. The number of nitrogens with zero attached hydrogens (tertiary/aromatic N) is 2. The Morgan fingerprint density at radius 3 is 2.71 bits per heavy atom. The van der Waals surface area contributed by atoms with Gasteiger partial charge in [0.1, 0.15) is 0 Å². The van der Waals surface area contributed by atoms with Gasteiger partial charge < -0.3 is 0 Å². The van der Waals surface area contributed by atoms with E-state index < -0.39 is 0 Å². The lowest BCUT2D eigenvalue weighted by Gasteiger charge is -2.04. The van der Waals surface area contributed by atoms with Crippen molar-refractivity contribution < 1.29 is 0 Å². The first-order valence-electron chi connectivity index (χ1n) is 4.26. The van der Waals surface area contributed by atoms with Crippen LogP contribution in [-0.4, -0.2) is 9.97 Å². The predicted octanol–water partition coefficient (Wildman–Crippen LogP) is 3.32. The van der Waals surface area contributed by atoms with Crippen LogP contribution < -0.4 is 0 Å². The van der Waals surface area contributed by atoms with Crippen LogP contribution in [0.25, 0.3) is 16.5 Å². The molecule has 0 aliphatic rings. The van der Waals surface area contributed by atoms with Crippen molar-refractivity contribution in [1.29, 1.82) is 0 Å². The van der Waals surface area contributed by atoms with Gasteiger partial charge in [0.2, 0.25) is 5.28 Å². The monoisotopic (exact) mass is 204 g/mol. The van der Waals surface area contributed by atoms with Crippen LogP contribution in [0.2, 0.25) is 5.28 Å². The maximum Gasteiger partial charge on any atom is 0.223 e. The number of fused-ring (bicyclic) bond motifs is 1. The minimum atomic E-state index is 0.265. The van der Waals surface area contributed by atoms with Crippen molar-refractivity contribution in [2.45, 2.75) is 6.92 Å². The summed E-state index contributed by atoms with van der Waals surface area (Å²) in [6.45, 7) is 5.78. The van der Waals surface area contributed by atoms with Gasteiger partial charge in [0.05, 0.1) is 11.2 Å². The Labute approximate surface area is 87.3 Å². The fraction of sp³-hybridized carbons (Fsp3) is 0.0909. The molecular weight excluding hydrogens is 196 g/mol. The van der Waals surface area contributed by atoms with Crippen molar-refractivity contribution in [3.63, 3.8) is 0 Å². The molecule has 0 bridgehead atoms. The quantitative estimate of drug-likeness (QED) is 0.666. The van der Waals surface area contributed by atoms with Gasteiger partial charge in [-0.1, -0.05) is 24.8 Å². The van der Waals surface area contributed by atoms with Gasteiger partial charge >= 0.3 is 0 Å². The van der Waals surface area contributed by atoms with E-state index in [1.54, 1.807) is 0 Å². The topological polar surface area (TPSA) is 25.8 Å². The zero-order valence-electron chi connectivity index (χ0n) is 7.79. The molecule has 0 spiro atoms. The molecular formula is C11H9ClN2. The van der Waals surface area contributed by atoms with E-state index in [2.05, 4.69) is 16.5 Å². The molecule has 1 heterocycles. The molecule has 0 atom stereocenters. The third-order valence-corrected chi connectivity index (χ3v) is 2.15. The molecule has 2 nitrogen and oxygen atoms in total. The van der Waals surface area contributed by atoms with Gasteiger partial charge in [-0.05, 0) is 30.2 Å². The number of rotatable bonds is 1. The van der Waals surface area contributed by atoms with Crippen molar-refractivity contribution in [2.75, 3.05) is 0 Å². The van der Waals surface area contributed by atoms with Crippen LogP contribution in [0.15, 0.2) is 30.8 Å². The predicted molar refractivity (Wildman–Crippen MR) is 59.3 cm³/mol. The largest absolute Gasteiger partial charge is 0.223 e. The van der Waals surface area contributed by atoms with Crippen molar-refractivity contribution >= 4 is 28.1 Å². The Balaban J connectivity index is 2.87. The molecule has 0 N–H and O–H groups in total. The number of hydrogen-bond acceptors (Lipinski definition) is 2. The fourth-order valence-electron chi connectivity index (χ4n) is 1.37. The maximum atomic E-state index is 5.80. The molecule has 1 aromatic carbocycles. The average Bonchev–Trinajstić information content (AvgIpc) is 2.16. The first kappa shape index (κ1) is 9.16. The molecule has 2 aromatic rings. The Morgan fingerprint density at radius 2 is 2.00 bits per heavy atom. The number of para-hydroxylation sites is 1. The van der Waals surface area contributed by atoms with E-state index in [0.717, 1.165) is 22.2 Å². The zero-order chi connectivity index (χ0) is 10.1. The minimum Gasteiger partial charge on any atom is -0.218 e. The summed E-state index contributed by atoms with van der Waals surface area (Å²) in [5, 5.41) is 1.26. The number of benzene rings is 1. The van der Waals surface area contributed by atoms with E-state index in [1.165, 1.54) is 0 Å². The van der Waals surface area contributed by atoms with Crippen LogP contribution in [-0.2, 0) is 0 Å². The van der Waals surface area contributed by atoms with Crippen LogP contribution in [0.4, 0.5) is 0 Å². The highest BCUT2D eigenvalue weighted by molar-refractivity contribution is 6.28. The highest BCUT2D eigenvalue weighted by atomic mass is 35.5. The van der Waals surface area contributed by atoms with Crippen molar-refractivity contribution in [3.8, 4) is 0 Å². The number of halogens is 1. The van der Waals surface area contributed by atoms with E-state index in [4.69, 9.17) is 11.6 Å². The number of aromatic nitrogens is 2. The average molecular weight is 205 g/mol. The van der Waals surface area contributed by atoms with Crippen LogP contribution in [0.1, 0.15) is 12.6 Å². The lowest BCUT2D eigenvalue weighted by atomic mass is 10.1. The molecule has 0 radical (unpaired) electrons. The maximum absolute atomic E-state index is 5.80. The molecule has 0 amide bonds. The molecule has 0 aliphatic heterocycles. The zero-order valence-corrected chi connectivity index (χ0v) is 8.54. The Morgan fingerprint density at radius 1 is 1.29 bits per heavy atom. The number of allylic oxidation sites excluding steroid dienone is 1. The summed E-state index contributed by atoms with van der Waals surface area (Å²) in [5.41, 5.74) is 2.57. The highest BCUT2D eigenvalue weighted by Crippen LogP contribution is 2.22. The van der Waals surface area contributed by atoms with Crippen LogP contribution in [0, 0.1) is 0 Å². The van der Waals surface area contributed by atoms with Gasteiger partial charge in [-0.2, -0.15) is 0 Å². The standard InChI is InChI=1S/C11H9ClN2/c1-7(2)10-8-5-3-4-6-9(8)13-11(12)14-10/h3-6H,1H2,2H3. The van der Waals surface area contributed by atoms with Crippen LogP contribution >= 0.6 is 11.6 Å². The second kappa shape index (κ2) is 3.39. The van der Waals surface area contributed by atoms with Gasteiger partial charge in [-0.3, -0.25) is 0 Å². The van der Waals surface area contributed by atoms with Gasteiger partial charge in [0.15, 0.2) is 0 Å². The molecule has 0 saturated carbocycles. The van der Waals surface area contributed by atoms with Crippen LogP contribution in [0.5, 0.6) is 0 Å². The lowest BCUT2D eigenvalue weighted by molar-refractivity contribution is 1.19. The fourth-order valence-corrected chi connectivity index (χ4v) is 1.55. The smallest absolute Gasteiger partial charge is 0.218 e. The lowest BCUT2D eigenvalue weighted by Crippen LogP contribution is -1.92. The molecule has 1 aromatic heterocycles. The summed E-state index contributed by atoms with van der Waals surface area (Å²) < 4.78 is 0. The summed E-state index contributed by atoms with van der Waals surface area (Å²) in [5.74, 6) is 0. The second-order valence-electron chi connectivity index (χ2n) is 3.14. The summed E-state index contributed by atoms with van der Waals surface area (Å²) in [4.78, 5) is 8.29. The molecule has 2 rings (SSSR count). The first-order valence-corrected chi connectivity index (χ1v) is 4.64. The normalized spacial score (nSPS) is 10.4. The highest BCUT2D eigenvalue weighted by Gasteiger charge is 2.05. The SMILES string of the molecule is C=C(C)c1nc(Cl)nc2ccccc12. The molecule has 0 unspecified atom stereocenters. The molecule has 0 aliphatic carbocycles. The van der Waals surface area contributed by atoms with Crippen LogP contribution in [0.3, 0.4) is 0 Å². The van der Waals surface area contributed by atoms with E-state index in [9.17, 15) is 0 Å². The Bertz CT molecular complexity index is 506. The molecule has 0 fully saturated rings. The van der Waals surface area contributed by atoms with Crippen molar-refractivity contribution in [2.24, 2.45) is 0 Å².